The second-order valence-corrected chi connectivity index (χ2v) is 3.46. The van der Waals surface area contributed by atoms with Gasteiger partial charge >= 0.3 is 11.8 Å². The molecule has 0 amide bonds. The highest BCUT2D eigenvalue weighted by Crippen LogP contribution is 2.19. The summed E-state index contributed by atoms with van der Waals surface area (Å²) in [6.07, 6.45) is -0.0984. The molecule has 0 saturated carbocycles. The van der Waals surface area contributed by atoms with E-state index in [0.29, 0.717) is 4.47 Å². The van der Waals surface area contributed by atoms with Gasteiger partial charge < -0.3 is 14.9 Å². The number of rotatable bonds is 3. The predicted molar refractivity (Wildman–Crippen MR) is 54.3 cm³/mol. The van der Waals surface area contributed by atoms with Crippen molar-refractivity contribution in [2.45, 2.75) is 6.42 Å². The quantitative estimate of drug-likeness (QED) is 0.474. The Kier molecular flexibility index (Phi) is 3.73. The van der Waals surface area contributed by atoms with Gasteiger partial charge in [-0.05, 0) is 31.9 Å². The van der Waals surface area contributed by atoms with Gasteiger partial charge in [-0.15, -0.1) is 0 Å². The van der Waals surface area contributed by atoms with Crippen LogP contribution in [0.2, 0.25) is 0 Å². The van der Waals surface area contributed by atoms with E-state index in [1.165, 1.54) is 19.2 Å². The van der Waals surface area contributed by atoms with E-state index in [-0.39, 0.29) is 17.9 Å². The minimum Gasteiger partial charge on any atom is -0.469 e. The summed E-state index contributed by atoms with van der Waals surface area (Å²) in [5.74, 6) is -0.791. The first-order valence-electron chi connectivity index (χ1n) is 3.91. The summed E-state index contributed by atoms with van der Waals surface area (Å²) < 4.78 is 4.98. The van der Waals surface area contributed by atoms with Crippen molar-refractivity contribution >= 4 is 27.7 Å². The molecule has 0 N–H and O–H groups in total. The van der Waals surface area contributed by atoms with Crippen LogP contribution in [-0.2, 0) is 16.0 Å². The number of hydrogen-bond acceptors (Lipinski definition) is 5. The van der Waals surface area contributed by atoms with Gasteiger partial charge in [-0.1, -0.05) is 0 Å². The number of methoxy groups -OCH3 is 1. The zero-order chi connectivity index (χ0) is 11.4. The van der Waals surface area contributed by atoms with Crippen molar-refractivity contribution in [3.8, 4) is 0 Å². The maximum atomic E-state index is 11.0. The molecule has 1 rings (SSSR count). The Morgan fingerprint density at radius 3 is 2.87 bits per heavy atom. The lowest BCUT2D eigenvalue weighted by Gasteiger charge is -1.98. The van der Waals surface area contributed by atoms with Crippen molar-refractivity contribution in [2.24, 2.45) is 0 Å². The first kappa shape index (κ1) is 11.6. The highest BCUT2D eigenvalue weighted by Gasteiger charge is 2.17. The SMILES string of the molecule is COC(=O)Cc1nc([N+](=O)[O-])ccc1Br. The fraction of sp³-hybridized carbons (Fsp3) is 0.250. The highest BCUT2D eigenvalue weighted by molar-refractivity contribution is 9.10. The Labute approximate surface area is 93.5 Å². The lowest BCUT2D eigenvalue weighted by molar-refractivity contribution is -0.389. The Morgan fingerprint density at radius 2 is 2.33 bits per heavy atom. The van der Waals surface area contributed by atoms with E-state index < -0.39 is 10.9 Å². The topological polar surface area (TPSA) is 82.3 Å². The Balaban J connectivity index is 3.00. The summed E-state index contributed by atoms with van der Waals surface area (Å²) in [4.78, 5) is 24.5. The van der Waals surface area contributed by atoms with Crippen LogP contribution in [0.15, 0.2) is 16.6 Å². The standard InChI is InChI=1S/C8H7BrN2O4/c1-15-8(12)4-6-5(9)2-3-7(10-6)11(13)14/h2-3H,4H2,1H3. The van der Waals surface area contributed by atoms with Crippen molar-refractivity contribution in [1.82, 2.24) is 4.98 Å². The number of aromatic nitrogens is 1. The summed E-state index contributed by atoms with van der Waals surface area (Å²) >= 11 is 3.14. The molecule has 0 unspecified atom stereocenters. The van der Waals surface area contributed by atoms with Crippen molar-refractivity contribution in [3.63, 3.8) is 0 Å². The van der Waals surface area contributed by atoms with Crippen LogP contribution in [-0.4, -0.2) is 23.0 Å². The summed E-state index contributed by atoms with van der Waals surface area (Å²) in [6.45, 7) is 0. The molecule has 80 valence electrons. The largest absolute Gasteiger partial charge is 0.469 e. The minimum absolute atomic E-state index is 0.0984. The van der Waals surface area contributed by atoms with Gasteiger partial charge in [0.05, 0.1) is 11.6 Å². The monoisotopic (exact) mass is 274 g/mol. The van der Waals surface area contributed by atoms with Crippen molar-refractivity contribution in [3.05, 3.63) is 32.4 Å². The fourth-order valence-corrected chi connectivity index (χ4v) is 1.27. The zero-order valence-electron chi connectivity index (χ0n) is 7.77. The van der Waals surface area contributed by atoms with Gasteiger partial charge in [-0.2, -0.15) is 0 Å². The van der Waals surface area contributed by atoms with Crippen LogP contribution in [0.4, 0.5) is 5.82 Å². The van der Waals surface area contributed by atoms with E-state index in [1.54, 1.807) is 0 Å². The third-order valence-electron chi connectivity index (χ3n) is 1.63. The molecule has 1 heterocycles. The number of carbonyl (C=O) groups excluding carboxylic acids is 1. The van der Waals surface area contributed by atoms with Crippen LogP contribution in [0.5, 0.6) is 0 Å². The first-order chi connectivity index (χ1) is 7.04. The molecule has 1 aromatic rings. The van der Waals surface area contributed by atoms with Crippen LogP contribution in [0, 0.1) is 10.1 Å². The Hall–Kier alpha value is -1.50. The Bertz CT molecular complexity index is 408. The lowest BCUT2D eigenvalue weighted by Crippen LogP contribution is -2.07. The number of esters is 1. The van der Waals surface area contributed by atoms with Crippen molar-refractivity contribution in [2.75, 3.05) is 7.11 Å². The van der Waals surface area contributed by atoms with E-state index in [4.69, 9.17) is 0 Å². The molecule has 0 radical (unpaired) electrons. The molecular formula is C8H7BrN2O4. The fourth-order valence-electron chi connectivity index (χ4n) is 0.907. The third-order valence-corrected chi connectivity index (χ3v) is 2.35. The van der Waals surface area contributed by atoms with E-state index in [1.807, 2.05) is 0 Å². The van der Waals surface area contributed by atoms with Gasteiger partial charge in [-0.25, -0.2) is 0 Å². The summed E-state index contributed by atoms with van der Waals surface area (Å²) in [5, 5.41) is 10.4. The van der Waals surface area contributed by atoms with Gasteiger partial charge in [0.15, 0.2) is 5.69 Å². The van der Waals surface area contributed by atoms with Crippen LogP contribution >= 0.6 is 15.9 Å². The van der Waals surface area contributed by atoms with Gasteiger partial charge in [-0.3, -0.25) is 4.79 Å². The van der Waals surface area contributed by atoms with E-state index in [9.17, 15) is 14.9 Å². The van der Waals surface area contributed by atoms with E-state index in [2.05, 4.69) is 25.7 Å². The second kappa shape index (κ2) is 4.83. The normalized spacial score (nSPS) is 9.73. The maximum absolute atomic E-state index is 11.0. The van der Waals surface area contributed by atoms with Gasteiger partial charge in [0.1, 0.15) is 6.42 Å². The van der Waals surface area contributed by atoms with Crippen LogP contribution in [0.25, 0.3) is 0 Å². The molecule has 0 atom stereocenters. The van der Waals surface area contributed by atoms with Crippen molar-refractivity contribution in [1.29, 1.82) is 0 Å². The second-order valence-electron chi connectivity index (χ2n) is 2.61. The minimum atomic E-state index is -0.618. The van der Waals surface area contributed by atoms with E-state index >= 15 is 0 Å². The molecule has 6 nitrogen and oxygen atoms in total. The number of halogens is 1. The molecule has 0 aliphatic carbocycles. The molecule has 0 saturated heterocycles. The molecule has 1 aromatic heterocycles. The number of nitrogens with zero attached hydrogens (tertiary/aromatic N) is 2. The van der Waals surface area contributed by atoms with Crippen LogP contribution in [0.1, 0.15) is 5.69 Å². The molecule has 0 aliphatic rings. The average molecular weight is 275 g/mol. The maximum Gasteiger partial charge on any atom is 0.363 e. The number of ether oxygens (including phenoxy) is 1. The summed E-state index contributed by atoms with van der Waals surface area (Å²) in [6, 6.07) is 2.73. The summed E-state index contributed by atoms with van der Waals surface area (Å²) in [7, 11) is 1.24. The van der Waals surface area contributed by atoms with Gasteiger partial charge in [0.2, 0.25) is 0 Å². The smallest absolute Gasteiger partial charge is 0.363 e. The van der Waals surface area contributed by atoms with Crippen LogP contribution in [0.3, 0.4) is 0 Å². The lowest BCUT2D eigenvalue weighted by atomic mass is 10.3. The molecular weight excluding hydrogens is 268 g/mol. The molecule has 15 heavy (non-hydrogen) atoms. The number of pyridine rings is 1. The van der Waals surface area contributed by atoms with Crippen molar-refractivity contribution < 1.29 is 14.5 Å². The van der Waals surface area contributed by atoms with E-state index in [0.717, 1.165) is 0 Å². The molecule has 0 aliphatic heterocycles. The molecule has 0 aromatic carbocycles. The predicted octanol–water partition coefficient (Wildman–Crippen LogP) is 1.47. The van der Waals surface area contributed by atoms with Gasteiger partial charge in [0, 0.05) is 6.07 Å². The summed E-state index contributed by atoms with van der Waals surface area (Å²) in [5.41, 5.74) is 0.288. The molecule has 0 fully saturated rings. The first-order valence-corrected chi connectivity index (χ1v) is 4.70. The third kappa shape index (κ3) is 2.98. The van der Waals surface area contributed by atoms with Crippen LogP contribution < -0.4 is 0 Å². The number of hydrogen-bond donors (Lipinski definition) is 0. The number of nitro groups is 1. The highest BCUT2D eigenvalue weighted by atomic mass is 79.9. The Morgan fingerprint density at radius 1 is 1.67 bits per heavy atom. The van der Waals surface area contributed by atoms with Gasteiger partial charge in [0.25, 0.3) is 0 Å². The zero-order valence-corrected chi connectivity index (χ0v) is 9.35. The average Bonchev–Trinajstić information content (AvgIpc) is 2.20. The molecule has 0 bridgehead atoms. The molecule has 7 heteroatoms. The number of carbonyl (C=O) groups is 1. The molecule has 0 spiro atoms.